The smallest absolute Gasteiger partial charge is 0.303 e. The van der Waals surface area contributed by atoms with E-state index >= 15 is 0 Å². The van der Waals surface area contributed by atoms with Crippen molar-refractivity contribution in [1.29, 1.82) is 0 Å². The summed E-state index contributed by atoms with van der Waals surface area (Å²) in [5.74, 6) is 7.01. The van der Waals surface area contributed by atoms with E-state index in [1.165, 1.54) is 56.6 Å². The molecule has 49 heavy (non-hydrogen) atoms. The maximum Gasteiger partial charge on any atom is 0.303 e. The lowest BCUT2D eigenvalue weighted by Crippen LogP contribution is -2.58. The fourth-order valence-electron chi connectivity index (χ4n) is 14.0. The summed E-state index contributed by atoms with van der Waals surface area (Å²) in [7, 11) is 0. The van der Waals surface area contributed by atoms with Gasteiger partial charge in [0.05, 0.1) is 0 Å². The molecule has 0 heterocycles. The second-order valence-electron chi connectivity index (χ2n) is 18.3. The average Bonchev–Trinajstić information content (AvgIpc) is 3.52. The van der Waals surface area contributed by atoms with Crippen molar-refractivity contribution in [2.75, 3.05) is 0 Å². The Kier molecular flexibility index (Phi) is 8.61. The van der Waals surface area contributed by atoms with Gasteiger partial charge in [0.2, 0.25) is 0 Å². The molecule has 5 saturated carbocycles. The fraction of sp³-hybridized carbons (Fsp3) is 0.750. The van der Waals surface area contributed by atoms with Crippen LogP contribution in [0.15, 0.2) is 34.9 Å². The van der Waals surface area contributed by atoms with Crippen molar-refractivity contribution in [2.24, 2.45) is 57.7 Å². The van der Waals surface area contributed by atoms with Gasteiger partial charge in [-0.1, -0.05) is 50.0 Å². The topological polar surface area (TPSA) is 80.7 Å². The first-order valence-corrected chi connectivity index (χ1v) is 19.7. The minimum Gasteiger partial charge on any atom is -0.451 e. The molecule has 0 aromatic carbocycles. The molecule has 0 bridgehead atoms. The van der Waals surface area contributed by atoms with Crippen molar-refractivity contribution in [2.45, 2.75) is 149 Å². The van der Waals surface area contributed by atoms with Crippen LogP contribution in [-0.4, -0.2) is 33.8 Å². The third-order valence-corrected chi connectivity index (χ3v) is 16.6. The van der Waals surface area contributed by atoms with Gasteiger partial charge in [0.25, 0.3) is 0 Å². The Hall–Kier alpha value is -2.45. The summed E-state index contributed by atoms with van der Waals surface area (Å²) in [4.78, 5) is 36.8. The first kappa shape index (κ1) is 35.0. The Morgan fingerprint density at radius 3 is 2.31 bits per heavy atom. The van der Waals surface area contributed by atoms with Crippen LogP contribution in [0.5, 0.6) is 0 Å². The highest BCUT2D eigenvalue weighted by atomic mass is 16.6. The zero-order valence-electron chi connectivity index (χ0n) is 31.0. The van der Waals surface area contributed by atoms with E-state index in [4.69, 9.17) is 11.2 Å². The molecule has 8 aliphatic carbocycles. The molecule has 5 heteroatoms. The summed E-state index contributed by atoms with van der Waals surface area (Å²) in [5.41, 5.74) is 2.06. The number of ketones is 2. The molecule has 0 aromatic heterocycles. The van der Waals surface area contributed by atoms with Crippen molar-refractivity contribution in [1.82, 2.24) is 0 Å². The van der Waals surface area contributed by atoms with E-state index in [0.29, 0.717) is 36.5 Å². The number of terminal acetylenes is 1. The quantitative estimate of drug-likeness (QED) is 0.181. The Morgan fingerprint density at radius 2 is 1.59 bits per heavy atom. The molecule has 0 radical (unpaired) electrons. The van der Waals surface area contributed by atoms with Gasteiger partial charge in [-0.25, -0.2) is 0 Å². The predicted molar refractivity (Wildman–Crippen MR) is 192 cm³/mol. The summed E-state index contributed by atoms with van der Waals surface area (Å²) < 4.78 is 5.82. The molecule has 0 aliphatic heterocycles. The van der Waals surface area contributed by atoms with Crippen molar-refractivity contribution in [3.05, 3.63) is 34.9 Å². The number of hydrogen-bond donors (Lipinski definition) is 1. The average molecular weight is 669 g/mol. The third kappa shape index (κ3) is 4.99. The number of carbonyl (C=O) groups excluding carboxylic acids is 3. The molecule has 0 aromatic rings. The van der Waals surface area contributed by atoms with Crippen molar-refractivity contribution in [3.63, 3.8) is 0 Å². The van der Waals surface area contributed by atoms with Crippen LogP contribution in [-0.2, 0) is 19.1 Å². The molecule has 0 amide bonds. The van der Waals surface area contributed by atoms with E-state index in [-0.39, 0.29) is 33.8 Å². The van der Waals surface area contributed by atoms with Gasteiger partial charge in [0.1, 0.15) is 5.60 Å². The van der Waals surface area contributed by atoms with Gasteiger partial charge >= 0.3 is 5.97 Å². The van der Waals surface area contributed by atoms with Crippen LogP contribution in [0, 0.1) is 70.0 Å². The molecule has 0 saturated heterocycles. The number of allylic oxidation sites excluding steroid dienone is 6. The first-order chi connectivity index (χ1) is 23.1. The van der Waals surface area contributed by atoms with Gasteiger partial charge in [-0.3, -0.25) is 14.4 Å². The highest BCUT2D eigenvalue weighted by Gasteiger charge is 2.68. The molecular formula is C44H60O5. The lowest BCUT2D eigenvalue weighted by molar-refractivity contribution is -0.185. The highest BCUT2D eigenvalue weighted by Crippen LogP contribution is 2.68. The SMILES string of the molecule is C#C[C@]1(O)CC[C@H]2[C@@H]3CCC4=CCCC[C@@H]4[C@H]3CC[C@@]21C.CC(=O)O[C@]1(C(C)=O)CC[C@H]2[C@@H]3C=C(C)C4=CC(=O)CC[C@]4(C)[C@H]3CC[C@@]21C. The van der Waals surface area contributed by atoms with Crippen LogP contribution < -0.4 is 0 Å². The maximum atomic E-state index is 12.8. The summed E-state index contributed by atoms with van der Waals surface area (Å²) in [5, 5.41) is 10.9. The molecule has 8 aliphatic rings. The minimum atomic E-state index is -0.990. The zero-order chi connectivity index (χ0) is 35.1. The Morgan fingerprint density at radius 1 is 0.878 bits per heavy atom. The molecular weight excluding hydrogens is 608 g/mol. The van der Waals surface area contributed by atoms with Gasteiger partial charge < -0.3 is 9.84 Å². The summed E-state index contributed by atoms with van der Waals surface area (Å²) in [6, 6.07) is 0. The number of esters is 1. The van der Waals surface area contributed by atoms with Gasteiger partial charge in [-0.15, -0.1) is 6.42 Å². The number of ether oxygens (including phenoxy) is 1. The monoisotopic (exact) mass is 668 g/mol. The largest absolute Gasteiger partial charge is 0.451 e. The maximum absolute atomic E-state index is 12.8. The van der Waals surface area contributed by atoms with Crippen LogP contribution in [0.3, 0.4) is 0 Å². The van der Waals surface area contributed by atoms with Crippen molar-refractivity contribution >= 4 is 17.5 Å². The molecule has 0 unspecified atom stereocenters. The predicted octanol–water partition coefficient (Wildman–Crippen LogP) is 8.89. The number of fused-ring (bicyclic) bond motifs is 10. The number of rotatable bonds is 2. The normalized spacial score (nSPS) is 47.8. The van der Waals surface area contributed by atoms with Crippen molar-refractivity contribution in [3.8, 4) is 12.3 Å². The van der Waals surface area contributed by atoms with Crippen LogP contribution in [0.25, 0.3) is 0 Å². The fourth-order valence-corrected chi connectivity index (χ4v) is 14.0. The molecule has 0 spiro atoms. The van der Waals surface area contributed by atoms with Crippen LogP contribution >= 0.6 is 0 Å². The van der Waals surface area contributed by atoms with Crippen LogP contribution in [0.2, 0.25) is 0 Å². The third-order valence-electron chi connectivity index (χ3n) is 16.6. The Bertz CT molecular complexity index is 1560. The van der Waals surface area contributed by atoms with Crippen LogP contribution in [0.4, 0.5) is 0 Å². The Balaban J connectivity index is 0.000000160. The number of carbonyl (C=O) groups is 3. The number of hydrogen-bond acceptors (Lipinski definition) is 5. The van der Waals surface area contributed by atoms with Gasteiger partial charge in [0, 0.05) is 24.2 Å². The van der Waals surface area contributed by atoms with E-state index in [0.717, 1.165) is 62.7 Å². The highest BCUT2D eigenvalue weighted by molar-refractivity contribution is 5.92. The summed E-state index contributed by atoms with van der Waals surface area (Å²) >= 11 is 0. The molecule has 5 fully saturated rings. The van der Waals surface area contributed by atoms with E-state index < -0.39 is 11.2 Å². The van der Waals surface area contributed by atoms with Gasteiger partial charge in [-0.2, -0.15) is 0 Å². The van der Waals surface area contributed by atoms with Crippen molar-refractivity contribution < 1.29 is 24.2 Å². The molecule has 12 atom stereocenters. The zero-order valence-corrected chi connectivity index (χ0v) is 31.0. The van der Waals surface area contributed by atoms with E-state index in [2.05, 4.69) is 45.8 Å². The van der Waals surface area contributed by atoms with E-state index in [1.807, 2.05) is 6.08 Å². The second-order valence-corrected chi connectivity index (χ2v) is 18.3. The second kappa shape index (κ2) is 12.1. The summed E-state index contributed by atoms with van der Waals surface area (Å²) in [6.45, 7) is 11.9. The first-order valence-electron chi connectivity index (χ1n) is 19.7. The standard InChI is InChI=1S/C24H32O4.C20H28O/c1-14-12-18-19(22(4)9-6-17(27)13-21(14)22)7-10-23(5)20(18)8-11-24(23,15(2)25)28-16(3)26;1-3-20(21)13-11-18-17-9-8-14-6-4-5-7-15(14)16(17)10-12-19(18,20)2/h12-13,18-20H,6-11H2,1-5H3;1,6,15-18,21H,4-5,7-13H2,2H3/t18-,19+,20+,22-,23+,24+;15-,16+,17+,18-,19-,20-/m10/s1. The minimum absolute atomic E-state index is 0.0160. The lowest BCUT2D eigenvalue weighted by atomic mass is 9.47. The number of aliphatic hydroxyl groups is 1. The molecule has 8 rings (SSSR count). The molecule has 5 nitrogen and oxygen atoms in total. The van der Waals surface area contributed by atoms with Crippen LogP contribution in [0.1, 0.15) is 138 Å². The molecule has 266 valence electrons. The summed E-state index contributed by atoms with van der Waals surface area (Å²) in [6.07, 6.45) is 28.6. The van der Waals surface area contributed by atoms with Gasteiger partial charge in [0.15, 0.2) is 17.2 Å². The van der Waals surface area contributed by atoms with E-state index in [9.17, 15) is 19.5 Å². The van der Waals surface area contributed by atoms with Gasteiger partial charge in [-0.05, 0) is 162 Å². The Labute approximate surface area is 295 Å². The van der Waals surface area contributed by atoms with E-state index in [1.54, 1.807) is 12.5 Å². The number of Topliss-reactive ketones (excluding diaryl/α,β-unsaturated/α-hetero) is 1. The molecule has 1 N–H and O–H groups in total. The lowest BCUT2D eigenvalue weighted by Gasteiger charge is -2.58.